The van der Waals surface area contributed by atoms with Gasteiger partial charge < -0.3 is 14.7 Å². The standard InChI is InChI=1S/C20H29N3O.CH5NO/c1-4-7-10-20-21-18-16-17(9-8-15-24)11-12-19(18)23(20)14-13-22(5-2)6-3;1-2-3/h8-9,11-12,15-16H,4-7,10,13-14H2,1-3H3;2-3H,1H3/b9-8+;. The van der Waals surface area contributed by atoms with Crippen LogP contribution in [0.5, 0.6) is 0 Å². The summed E-state index contributed by atoms with van der Waals surface area (Å²) in [7, 11) is 1.43. The molecule has 1 aromatic heterocycles. The first kappa shape index (κ1) is 23.0. The quantitative estimate of drug-likeness (QED) is 0.378. The SMILES string of the molecule is CCCCc1nc2cc(/C=C/C=O)ccc2n1CCN(CC)CC.CNO. The topological polar surface area (TPSA) is 70.4 Å². The highest BCUT2D eigenvalue weighted by molar-refractivity contribution is 5.81. The van der Waals surface area contributed by atoms with E-state index in [2.05, 4.69) is 48.4 Å². The number of fused-ring (bicyclic) bond motifs is 1. The van der Waals surface area contributed by atoms with E-state index in [9.17, 15) is 4.79 Å². The number of carbonyl (C=O) groups excluding carboxylic acids is 1. The van der Waals surface area contributed by atoms with Gasteiger partial charge in [0.1, 0.15) is 12.1 Å². The number of allylic oxidation sites excluding steroid dienone is 1. The van der Waals surface area contributed by atoms with Gasteiger partial charge in [-0.1, -0.05) is 39.3 Å². The van der Waals surface area contributed by atoms with Gasteiger partial charge in [0.15, 0.2) is 0 Å². The van der Waals surface area contributed by atoms with Crippen molar-refractivity contribution in [3.8, 4) is 0 Å². The molecule has 150 valence electrons. The highest BCUT2D eigenvalue weighted by Crippen LogP contribution is 2.20. The molecule has 1 heterocycles. The number of rotatable bonds is 10. The number of unbranched alkanes of at least 4 members (excludes halogenated alkanes) is 1. The Morgan fingerprint density at radius 1 is 1.26 bits per heavy atom. The van der Waals surface area contributed by atoms with Crippen molar-refractivity contribution in [2.24, 2.45) is 0 Å². The van der Waals surface area contributed by atoms with Gasteiger partial charge in [0.2, 0.25) is 0 Å². The second-order valence-corrected chi connectivity index (χ2v) is 6.28. The first-order valence-electron chi connectivity index (χ1n) is 9.79. The fourth-order valence-electron chi connectivity index (χ4n) is 3.01. The number of hydrogen-bond donors (Lipinski definition) is 2. The van der Waals surface area contributed by atoms with Crippen molar-refractivity contribution in [3.05, 3.63) is 35.7 Å². The molecule has 2 aromatic rings. The number of benzene rings is 1. The maximum Gasteiger partial charge on any atom is 0.142 e. The molecule has 0 spiro atoms. The lowest BCUT2D eigenvalue weighted by Gasteiger charge is -2.19. The number of aryl methyl sites for hydroxylation is 1. The normalized spacial score (nSPS) is 11.2. The van der Waals surface area contributed by atoms with Crippen LogP contribution in [0.3, 0.4) is 0 Å². The van der Waals surface area contributed by atoms with E-state index in [0.717, 1.165) is 56.4 Å². The Morgan fingerprint density at radius 3 is 2.56 bits per heavy atom. The van der Waals surface area contributed by atoms with Gasteiger partial charge in [0, 0.05) is 26.6 Å². The molecule has 0 atom stereocenters. The van der Waals surface area contributed by atoms with Gasteiger partial charge in [-0.05, 0) is 43.3 Å². The Kier molecular flexibility index (Phi) is 11.2. The summed E-state index contributed by atoms with van der Waals surface area (Å²) in [5, 5.41) is 7.32. The fourth-order valence-corrected chi connectivity index (χ4v) is 3.01. The highest BCUT2D eigenvalue weighted by atomic mass is 16.5. The molecule has 0 aliphatic rings. The smallest absolute Gasteiger partial charge is 0.142 e. The van der Waals surface area contributed by atoms with Crippen LogP contribution in [-0.4, -0.2) is 52.6 Å². The van der Waals surface area contributed by atoms with Crippen LogP contribution in [0.25, 0.3) is 17.1 Å². The van der Waals surface area contributed by atoms with Crippen molar-refractivity contribution in [3.63, 3.8) is 0 Å². The van der Waals surface area contributed by atoms with Gasteiger partial charge in [-0.3, -0.25) is 4.79 Å². The summed E-state index contributed by atoms with van der Waals surface area (Å²) in [4.78, 5) is 17.8. The Hall–Kier alpha value is -2.02. The zero-order valence-corrected chi connectivity index (χ0v) is 17.1. The highest BCUT2D eigenvalue weighted by Gasteiger charge is 2.11. The number of aldehydes is 1. The van der Waals surface area contributed by atoms with Crippen molar-refractivity contribution in [1.29, 1.82) is 0 Å². The van der Waals surface area contributed by atoms with E-state index in [-0.39, 0.29) is 0 Å². The van der Waals surface area contributed by atoms with Crippen LogP contribution in [0.1, 0.15) is 45.0 Å². The van der Waals surface area contributed by atoms with Crippen LogP contribution in [0, 0.1) is 0 Å². The lowest BCUT2D eigenvalue weighted by atomic mass is 10.2. The number of carbonyl (C=O) groups is 1. The Bertz CT molecular complexity index is 706. The van der Waals surface area contributed by atoms with Crippen LogP contribution in [0.2, 0.25) is 0 Å². The molecule has 0 unspecified atom stereocenters. The largest absolute Gasteiger partial charge is 0.327 e. The molecule has 0 radical (unpaired) electrons. The molecule has 0 bridgehead atoms. The van der Waals surface area contributed by atoms with E-state index in [1.165, 1.54) is 30.9 Å². The van der Waals surface area contributed by atoms with Gasteiger partial charge in [-0.25, -0.2) is 10.5 Å². The van der Waals surface area contributed by atoms with Gasteiger partial charge in [-0.15, -0.1) is 0 Å². The molecule has 1 aromatic carbocycles. The summed E-state index contributed by atoms with van der Waals surface area (Å²) in [6.07, 6.45) is 7.51. The average molecular weight is 375 g/mol. The average Bonchev–Trinajstić information content (AvgIpc) is 3.03. The van der Waals surface area contributed by atoms with Gasteiger partial charge in [-0.2, -0.15) is 0 Å². The molecule has 2 rings (SSSR count). The summed E-state index contributed by atoms with van der Waals surface area (Å²) in [5.41, 5.74) is 4.98. The molecule has 0 amide bonds. The molecule has 2 N–H and O–H groups in total. The minimum Gasteiger partial charge on any atom is -0.327 e. The zero-order valence-electron chi connectivity index (χ0n) is 17.1. The molecule has 6 nitrogen and oxygen atoms in total. The number of nitrogens with one attached hydrogen (secondary N) is 1. The van der Waals surface area contributed by atoms with Crippen molar-refractivity contribution in [2.45, 2.75) is 46.6 Å². The van der Waals surface area contributed by atoms with Crippen LogP contribution >= 0.6 is 0 Å². The third kappa shape index (κ3) is 7.25. The molecule has 27 heavy (non-hydrogen) atoms. The van der Waals surface area contributed by atoms with Crippen molar-refractivity contribution >= 4 is 23.4 Å². The van der Waals surface area contributed by atoms with Crippen molar-refractivity contribution in [1.82, 2.24) is 19.9 Å². The second-order valence-electron chi connectivity index (χ2n) is 6.28. The molecule has 0 fully saturated rings. The molecular formula is C21H34N4O2. The maximum absolute atomic E-state index is 10.5. The third-order valence-electron chi connectivity index (χ3n) is 4.51. The van der Waals surface area contributed by atoms with Crippen LogP contribution < -0.4 is 5.48 Å². The monoisotopic (exact) mass is 374 g/mol. The van der Waals surface area contributed by atoms with E-state index < -0.39 is 0 Å². The van der Waals surface area contributed by atoms with Gasteiger partial charge in [0.25, 0.3) is 0 Å². The lowest BCUT2D eigenvalue weighted by molar-refractivity contribution is -0.104. The number of imidazole rings is 1. The van der Waals surface area contributed by atoms with Crippen LogP contribution in [0.4, 0.5) is 0 Å². The molecule has 0 aliphatic heterocycles. The first-order chi connectivity index (χ1) is 13.1. The summed E-state index contributed by atoms with van der Waals surface area (Å²) < 4.78 is 2.37. The Labute approximate surface area is 162 Å². The van der Waals surface area contributed by atoms with Gasteiger partial charge >= 0.3 is 0 Å². The number of nitrogens with zero attached hydrogens (tertiary/aromatic N) is 3. The van der Waals surface area contributed by atoms with Crippen molar-refractivity contribution < 1.29 is 10.0 Å². The summed E-state index contributed by atoms with van der Waals surface area (Å²) in [6, 6.07) is 6.25. The van der Waals surface area contributed by atoms with E-state index in [0.29, 0.717) is 0 Å². The molecule has 0 saturated heterocycles. The van der Waals surface area contributed by atoms with E-state index >= 15 is 0 Å². The molecule has 0 aliphatic carbocycles. The Balaban J connectivity index is 0.00000114. The lowest BCUT2D eigenvalue weighted by Crippen LogP contribution is -2.27. The summed E-state index contributed by atoms with van der Waals surface area (Å²) >= 11 is 0. The third-order valence-corrected chi connectivity index (χ3v) is 4.51. The predicted octanol–water partition coefficient (Wildman–Crippen LogP) is 3.53. The Morgan fingerprint density at radius 2 is 1.96 bits per heavy atom. The summed E-state index contributed by atoms with van der Waals surface area (Å²) in [6.45, 7) is 10.8. The number of likely N-dealkylation sites (N-methyl/N-ethyl adjacent to an activating group) is 1. The van der Waals surface area contributed by atoms with E-state index in [1.807, 2.05) is 6.08 Å². The van der Waals surface area contributed by atoms with E-state index in [1.54, 1.807) is 5.48 Å². The number of hydroxylamine groups is 1. The second kappa shape index (κ2) is 13.2. The molecule has 6 heteroatoms. The first-order valence-corrected chi connectivity index (χ1v) is 9.79. The predicted molar refractivity (Wildman–Crippen MR) is 112 cm³/mol. The van der Waals surface area contributed by atoms with E-state index in [4.69, 9.17) is 10.2 Å². The zero-order chi connectivity index (χ0) is 20.1. The fraction of sp³-hybridized carbons (Fsp3) is 0.524. The van der Waals surface area contributed by atoms with Crippen LogP contribution in [-0.2, 0) is 17.8 Å². The molecular weight excluding hydrogens is 340 g/mol. The minimum atomic E-state index is 0.805. The molecule has 0 saturated carbocycles. The van der Waals surface area contributed by atoms with Crippen LogP contribution in [0.15, 0.2) is 24.3 Å². The maximum atomic E-state index is 10.5. The number of aromatic nitrogens is 2. The summed E-state index contributed by atoms with van der Waals surface area (Å²) in [5.74, 6) is 1.18. The van der Waals surface area contributed by atoms with Gasteiger partial charge in [0.05, 0.1) is 11.0 Å². The van der Waals surface area contributed by atoms with Crippen molar-refractivity contribution in [2.75, 3.05) is 26.7 Å². The number of hydrogen-bond acceptors (Lipinski definition) is 5. The minimum absolute atomic E-state index is 0.805.